The predicted octanol–water partition coefficient (Wildman–Crippen LogP) is 7.41. The molecule has 0 bridgehead atoms. The number of carbonyl (C=O) groups is 1. The standard InChI is InChI=1S/C51H37NO3/c1-3-5-7-9-11-13-15-16-17-18-19-20-21-22-23-25-27-29-31-33-43-55-47-40-36-45(37-41-47)49-50(53)48(51(49)54)44-34-38-46(39-35-44)52-42-32-30-28-26-24-14-12-10-8-6-4-2/h1,34-41,52H,4,6,8,10,12,14,24,26,28,30,32,42H2,2H3/p+1. The van der Waals surface area contributed by atoms with Crippen molar-refractivity contribution in [2.45, 2.75) is 77.6 Å². The number of Topliss-reactive ketones (excluding diaryl/α,β-unsaturated/α-hetero) is 1. The molecule has 2 N–H and O–H groups in total. The van der Waals surface area contributed by atoms with Gasteiger partial charge in [0.15, 0.2) is 0 Å². The molecule has 2 aliphatic carbocycles. The van der Waals surface area contributed by atoms with E-state index in [0.29, 0.717) is 22.5 Å². The van der Waals surface area contributed by atoms with E-state index in [0.717, 1.165) is 18.7 Å². The van der Waals surface area contributed by atoms with Crippen LogP contribution >= 0.6 is 0 Å². The first-order valence-corrected chi connectivity index (χ1v) is 18.1. The second-order valence-corrected chi connectivity index (χ2v) is 11.7. The molecule has 264 valence electrons. The molecule has 55 heavy (non-hydrogen) atoms. The third kappa shape index (κ3) is 16.9. The van der Waals surface area contributed by atoms with Crippen LogP contribution in [-0.2, 0) is 9.22 Å². The lowest BCUT2D eigenvalue weighted by Gasteiger charge is -2.23. The summed E-state index contributed by atoms with van der Waals surface area (Å²) in [5, 5.41) is 14.2. The van der Waals surface area contributed by atoms with E-state index < -0.39 is 0 Å². The fourth-order valence-electron chi connectivity index (χ4n) is 5.08. The zero-order chi connectivity index (χ0) is 39.0. The molecular formula is C51H38NO3+. The van der Waals surface area contributed by atoms with Crippen molar-refractivity contribution >= 4 is 22.8 Å². The number of allylic oxidation sites excluding steroid dienone is 7. The maximum absolute atomic E-state index is 13.0. The van der Waals surface area contributed by atoms with Gasteiger partial charge in [-0.2, -0.15) is 0 Å². The van der Waals surface area contributed by atoms with Crippen LogP contribution in [0.3, 0.4) is 0 Å². The van der Waals surface area contributed by atoms with Crippen LogP contribution in [0.1, 0.15) is 83.1 Å². The van der Waals surface area contributed by atoms with Gasteiger partial charge in [-0.05, 0) is 89.2 Å². The first-order chi connectivity index (χ1) is 27.2. The fourth-order valence-corrected chi connectivity index (χ4v) is 5.08. The molecule has 4 heteroatoms. The molecule has 0 spiro atoms. The van der Waals surface area contributed by atoms with Gasteiger partial charge in [0.05, 0.1) is 17.1 Å². The molecule has 0 aromatic heterocycles. The van der Waals surface area contributed by atoms with Crippen LogP contribution in [0.5, 0.6) is 0 Å². The average Bonchev–Trinajstić information content (AvgIpc) is 3.20. The Kier molecular flexibility index (Phi) is 20.5. The van der Waals surface area contributed by atoms with Gasteiger partial charge >= 0.3 is 11.9 Å². The molecule has 0 radical (unpaired) electrons. The first kappa shape index (κ1) is 41.7. The summed E-state index contributed by atoms with van der Waals surface area (Å²) >= 11 is 0. The van der Waals surface area contributed by atoms with Crippen LogP contribution < -0.4 is 5.32 Å². The van der Waals surface area contributed by atoms with Gasteiger partial charge in [-0.3, -0.25) is 4.79 Å². The Morgan fingerprint density at radius 2 is 1.00 bits per heavy atom. The molecule has 0 amide bonds. The quantitative estimate of drug-likeness (QED) is 0.0915. The van der Waals surface area contributed by atoms with Crippen molar-refractivity contribution in [3.8, 4) is 131 Å². The number of terminal acetylenes is 1. The summed E-state index contributed by atoms with van der Waals surface area (Å²) in [7, 11) is 0. The molecule has 0 atom stereocenters. The lowest BCUT2D eigenvalue weighted by Crippen LogP contribution is -2.23. The van der Waals surface area contributed by atoms with Crippen LogP contribution in [0.15, 0.2) is 65.5 Å². The highest BCUT2D eigenvalue weighted by Crippen LogP contribution is 2.39. The maximum atomic E-state index is 13.0. The fraction of sp³-hybridized carbons (Fsp3) is 0.255. The van der Waals surface area contributed by atoms with Crippen molar-refractivity contribution in [3.05, 3.63) is 71.0 Å². The molecule has 0 saturated heterocycles. The highest BCUT2D eigenvalue weighted by Gasteiger charge is 2.36. The van der Waals surface area contributed by atoms with Crippen molar-refractivity contribution in [1.82, 2.24) is 0 Å². The maximum Gasteiger partial charge on any atom is 0.419 e. The first-order valence-electron chi connectivity index (χ1n) is 18.1. The molecule has 1 aromatic carbocycles. The van der Waals surface area contributed by atoms with Crippen molar-refractivity contribution in [1.29, 1.82) is 0 Å². The number of benzene rings is 1. The Morgan fingerprint density at radius 3 is 1.45 bits per heavy atom. The SMILES string of the molecule is C#CC#CC#CC#CC#CC#CC#CC#CC#CC#CC#C[O+]=C1C=CC(=C2C(=O)C(c3ccc(NCCCCCCCCCCCCC)cc3)=C2O)C=C1. The molecule has 0 unspecified atom stereocenters. The van der Waals surface area contributed by atoms with E-state index in [1.807, 2.05) is 24.3 Å². The Labute approximate surface area is 327 Å². The van der Waals surface area contributed by atoms with Crippen LogP contribution in [0.2, 0.25) is 0 Å². The number of unbranched alkanes of at least 4 members (excludes halogenated alkanes) is 10. The zero-order valence-corrected chi connectivity index (χ0v) is 30.9. The third-order valence-corrected chi connectivity index (χ3v) is 7.77. The number of rotatable bonds is 14. The van der Waals surface area contributed by atoms with Crippen molar-refractivity contribution in [3.63, 3.8) is 0 Å². The summed E-state index contributed by atoms with van der Waals surface area (Å²) < 4.78 is 5.38. The molecule has 1 aromatic rings. The van der Waals surface area contributed by atoms with E-state index in [-0.39, 0.29) is 17.1 Å². The minimum Gasteiger partial charge on any atom is -0.506 e. The smallest absolute Gasteiger partial charge is 0.419 e. The number of hydrogen-bond acceptors (Lipinski definition) is 3. The minimum atomic E-state index is -0.200. The summed E-state index contributed by atoms with van der Waals surface area (Å²) in [5.74, 6) is 49.8. The molecule has 0 saturated carbocycles. The van der Waals surface area contributed by atoms with Gasteiger partial charge in [-0.25, -0.2) is 0 Å². The van der Waals surface area contributed by atoms with E-state index in [1.165, 1.54) is 64.2 Å². The van der Waals surface area contributed by atoms with E-state index >= 15 is 0 Å². The largest absolute Gasteiger partial charge is 0.506 e. The van der Waals surface area contributed by atoms with Crippen LogP contribution in [-0.4, -0.2) is 23.2 Å². The van der Waals surface area contributed by atoms with Crippen molar-refractivity contribution < 1.29 is 14.3 Å². The summed E-state index contributed by atoms with van der Waals surface area (Å²) in [4.78, 5) is 13.0. The minimum absolute atomic E-state index is 0.0128. The van der Waals surface area contributed by atoms with Crippen LogP contribution in [0.4, 0.5) is 5.69 Å². The Hall–Kier alpha value is -7.72. The zero-order valence-electron chi connectivity index (χ0n) is 30.9. The average molecular weight is 713 g/mol. The van der Waals surface area contributed by atoms with Crippen molar-refractivity contribution in [2.24, 2.45) is 0 Å². The lowest BCUT2D eigenvalue weighted by atomic mass is 9.80. The normalized spacial score (nSPS) is 10.9. The molecule has 0 fully saturated rings. The number of carbonyl (C=O) groups excluding carboxylic acids is 2. The van der Waals surface area contributed by atoms with Gasteiger partial charge < -0.3 is 10.4 Å². The highest BCUT2D eigenvalue weighted by molar-refractivity contribution is 6.39. The number of nitrogens with one attached hydrogen (secondary N) is 1. The van der Waals surface area contributed by atoms with Gasteiger partial charge in [-0.1, -0.05) is 83.3 Å². The number of anilines is 1. The van der Waals surface area contributed by atoms with Gasteiger partial charge in [0.1, 0.15) is 5.76 Å². The second-order valence-electron chi connectivity index (χ2n) is 11.7. The van der Waals surface area contributed by atoms with E-state index in [1.54, 1.807) is 24.3 Å². The molecule has 0 aliphatic heterocycles. The van der Waals surface area contributed by atoms with E-state index in [9.17, 15) is 9.90 Å². The molecule has 4 nitrogen and oxygen atoms in total. The summed E-state index contributed by atoms with van der Waals surface area (Å²) in [6.45, 7) is 3.17. The number of ketones is 2. The van der Waals surface area contributed by atoms with Gasteiger partial charge in [0.2, 0.25) is 5.78 Å². The summed E-state index contributed by atoms with van der Waals surface area (Å²) in [5.41, 5.74) is 2.89. The molecule has 3 rings (SSSR count). The summed E-state index contributed by atoms with van der Waals surface area (Å²) in [6.07, 6.45) is 28.7. The van der Waals surface area contributed by atoms with Crippen LogP contribution in [0, 0.1) is 131 Å². The van der Waals surface area contributed by atoms with E-state index in [4.69, 9.17) is 10.8 Å². The molecule has 2 aliphatic rings. The Morgan fingerprint density at radius 1 is 0.564 bits per heavy atom. The number of aliphatic hydroxyl groups excluding tert-OH is 1. The van der Waals surface area contributed by atoms with E-state index in [2.05, 4.69) is 137 Å². The number of hydrogen-bond donors (Lipinski definition) is 2. The van der Waals surface area contributed by atoms with Gasteiger partial charge in [-0.15, -0.1) is 10.8 Å². The third-order valence-electron chi connectivity index (χ3n) is 7.77. The Balaban J connectivity index is 1.39. The lowest BCUT2D eigenvalue weighted by molar-refractivity contribution is -0.345. The van der Waals surface area contributed by atoms with Crippen molar-refractivity contribution in [2.75, 3.05) is 11.9 Å². The second kappa shape index (κ2) is 27.0. The monoisotopic (exact) mass is 712 g/mol. The Bertz CT molecular complexity index is 2430. The van der Waals surface area contributed by atoms with Crippen LogP contribution in [0.25, 0.3) is 5.57 Å². The number of aliphatic hydroxyl groups is 1. The highest BCUT2D eigenvalue weighted by atomic mass is 16.4. The predicted molar refractivity (Wildman–Crippen MR) is 223 cm³/mol. The molecule has 0 heterocycles. The topological polar surface area (TPSA) is 60.6 Å². The van der Waals surface area contributed by atoms with Gasteiger partial charge in [0.25, 0.3) is 0 Å². The molecular weight excluding hydrogens is 675 g/mol. The summed E-state index contributed by atoms with van der Waals surface area (Å²) in [6, 6.07) is 7.63. The van der Waals surface area contributed by atoms with Gasteiger partial charge in [0, 0.05) is 89.5 Å².